The summed E-state index contributed by atoms with van der Waals surface area (Å²) in [5, 5.41) is 15.3. The number of rotatable bonds is 6. The van der Waals surface area contributed by atoms with Gasteiger partial charge in [-0.3, -0.25) is 9.59 Å². The van der Waals surface area contributed by atoms with E-state index in [4.69, 9.17) is 23.2 Å². The Kier molecular flexibility index (Phi) is 7.10. The van der Waals surface area contributed by atoms with E-state index in [1.807, 2.05) is 0 Å². The van der Waals surface area contributed by atoms with Gasteiger partial charge < -0.3 is 15.7 Å². The lowest BCUT2D eigenvalue weighted by atomic mass is 10.2. The molecular formula is C20H21Cl2N3O5S. The number of halogens is 2. The molecule has 31 heavy (non-hydrogen) atoms. The van der Waals surface area contributed by atoms with Crippen molar-refractivity contribution in [2.24, 2.45) is 0 Å². The van der Waals surface area contributed by atoms with Crippen LogP contribution in [-0.2, 0) is 14.8 Å². The maximum absolute atomic E-state index is 12.7. The maximum Gasteiger partial charge on any atom is 0.253 e. The van der Waals surface area contributed by atoms with E-state index >= 15 is 0 Å². The number of carbonyl (C=O) groups is 2. The molecule has 2 amide bonds. The minimum absolute atomic E-state index is 0.0371. The van der Waals surface area contributed by atoms with Gasteiger partial charge in [-0.2, -0.15) is 4.31 Å². The molecule has 0 aromatic heterocycles. The molecule has 1 aliphatic rings. The van der Waals surface area contributed by atoms with E-state index in [0.717, 1.165) is 12.8 Å². The lowest BCUT2D eigenvalue weighted by Gasteiger charge is -2.18. The van der Waals surface area contributed by atoms with Crippen molar-refractivity contribution in [3.05, 3.63) is 52.0 Å². The van der Waals surface area contributed by atoms with Gasteiger partial charge >= 0.3 is 0 Å². The SMILES string of the molecule is CC(NC(=O)c1cccc(Cl)c1Cl)C(=O)Nc1cc(S(=O)(=O)N2CCCC2)ccc1O. The first kappa shape index (κ1) is 23.3. The quantitative estimate of drug-likeness (QED) is 0.543. The molecule has 3 N–H and O–H groups in total. The Bertz CT molecular complexity index is 1120. The summed E-state index contributed by atoms with van der Waals surface area (Å²) in [6.45, 7) is 2.30. The molecule has 0 spiro atoms. The monoisotopic (exact) mass is 485 g/mol. The van der Waals surface area contributed by atoms with Crippen molar-refractivity contribution in [1.82, 2.24) is 9.62 Å². The Labute approximate surface area is 190 Å². The summed E-state index contributed by atoms with van der Waals surface area (Å²) in [7, 11) is -3.72. The van der Waals surface area contributed by atoms with Gasteiger partial charge in [0.2, 0.25) is 15.9 Å². The van der Waals surface area contributed by atoms with Crippen LogP contribution in [0.15, 0.2) is 41.3 Å². The van der Waals surface area contributed by atoms with Crippen LogP contribution in [0.25, 0.3) is 0 Å². The Morgan fingerprint density at radius 1 is 1.13 bits per heavy atom. The fourth-order valence-corrected chi connectivity index (χ4v) is 5.04. The smallest absolute Gasteiger partial charge is 0.253 e. The number of hydrogen-bond acceptors (Lipinski definition) is 5. The van der Waals surface area contributed by atoms with Crippen LogP contribution < -0.4 is 10.6 Å². The molecule has 11 heteroatoms. The highest BCUT2D eigenvalue weighted by Gasteiger charge is 2.28. The minimum Gasteiger partial charge on any atom is -0.506 e. The first-order valence-corrected chi connectivity index (χ1v) is 11.7. The van der Waals surface area contributed by atoms with Crippen LogP contribution in [0.5, 0.6) is 5.75 Å². The maximum atomic E-state index is 12.7. The second-order valence-electron chi connectivity index (χ2n) is 7.08. The normalized spacial score (nSPS) is 15.5. The molecule has 1 aliphatic heterocycles. The number of nitrogens with zero attached hydrogens (tertiary/aromatic N) is 1. The van der Waals surface area contributed by atoms with Gasteiger partial charge in [-0.1, -0.05) is 29.3 Å². The van der Waals surface area contributed by atoms with Gasteiger partial charge in [0, 0.05) is 13.1 Å². The Morgan fingerprint density at radius 3 is 2.48 bits per heavy atom. The number of anilines is 1. The van der Waals surface area contributed by atoms with Crippen molar-refractivity contribution in [2.75, 3.05) is 18.4 Å². The molecule has 1 heterocycles. The van der Waals surface area contributed by atoms with E-state index in [1.54, 1.807) is 6.07 Å². The largest absolute Gasteiger partial charge is 0.506 e. The average Bonchev–Trinajstić information content (AvgIpc) is 3.27. The van der Waals surface area contributed by atoms with Crippen LogP contribution in [-0.4, -0.2) is 48.8 Å². The molecule has 3 rings (SSSR count). The van der Waals surface area contributed by atoms with Crippen molar-refractivity contribution in [3.8, 4) is 5.75 Å². The van der Waals surface area contributed by atoms with Crippen molar-refractivity contribution in [2.45, 2.75) is 30.7 Å². The Hall–Kier alpha value is -2.33. The molecule has 1 unspecified atom stereocenters. The second-order valence-corrected chi connectivity index (χ2v) is 9.80. The summed E-state index contributed by atoms with van der Waals surface area (Å²) in [5.74, 6) is -1.56. The number of hydrogen-bond donors (Lipinski definition) is 3. The number of carbonyl (C=O) groups excluding carboxylic acids is 2. The summed E-state index contributed by atoms with van der Waals surface area (Å²) >= 11 is 11.9. The second kappa shape index (κ2) is 9.44. The van der Waals surface area contributed by atoms with Crippen LogP contribution in [0, 0.1) is 0 Å². The molecule has 0 saturated carbocycles. The highest BCUT2D eigenvalue weighted by Crippen LogP contribution is 2.29. The first-order valence-electron chi connectivity index (χ1n) is 9.50. The first-order chi connectivity index (χ1) is 14.6. The van der Waals surface area contributed by atoms with E-state index in [1.165, 1.54) is 41.6 Å². The molecule has 0 bridgehead atoms. The van der Waals surface area contributed by atoms with Crippen molar-refractivity contribution in [1.29, 1.82) is 0 Å². The van der Waals surface area contributed by atoms with E-state index in [-0.39, 0.29) is 31.9 Å². The van der Waals surface area contributed by atoms with Crippen LogP contribution in [0.4, 0.5) is 5.69 Å². The third-order valence-corrected chi connectivity index (χ3v) is 7.58. The molecule has 8 nitrogen and oxygen atoms in total. The molecule has 1 fully saturated rings. The predicted molar refractivity (Wildman–Crippen MR) is 118 cm³/mol. The summed E-state index contributed by atoms with van der Waals surface area (Å²) in [6.07, 6.45) is 1.57. The zero-order chi connectivity index (χ0) is 22.8. The molecule has 2 aromatic rings. The third-order valence-electron chi connectivity index (χ3n) is 4.87. The van der Waals surface area contributed by atoms with Crippen molar-refractivity contribution in [3.63, 3.8) is 0 Å². The van der Waals surface area contributed by atoms with Gasteiger partial charge in [-0.15, -0.1) is 0 Å². The number of amides is 2. The zero-order valence-electron chi connectivity index (χ0n) is 16.6. The summed E-state index contributed by atoms with van der Waals surface area (Å²) in [5.41, 5.74) is 0.0301. The standard InChI is InChI=1S/C20H21Cl2N3O5S/c1-12(23-20(28)14-5-4-6-15(21)18(14)22)19(27)24-16-11-13(7-8-17(16)26)31(29,30)25-9-2-3-10-25/h4-8,11-12,26H,2-3,9-10H2,1H3,(H,23,28)(H,24,27). The van der Waals surface area contributed by atoms with E-state index < -0.39 is 27.9 Å². The summed E-state index contributed by atoms with van der Waals surface area (Å²) in [6, 6.07) is 7.22. The van der Waals surface area contributed by atoms with Gasteiger partial charge in [0.1, 0.15) is 11.8 Å². The molecule has 1 atom stereocenters. The lowest BCUT2D eigenvalue weighted by Crippen LogP contribution is -2.41. The molecule has 0 radical (unpaired) electrons. The van der Waals surface area contributed by atoms with Gasteiger partial charge in [0.05, 0.1) is 26.2 Å². The van der Waals surface area contributed by atoms with Gasteiger partial charge in [-0.25, -0.2) is 8.42 Å². The minimum atomic E-state index is -3.72. The molecular weight excluding hydrogens is 465 g/mol. The van der Waals surface area contributed by atoms with E-state index in [0.29, 0.717) is 13.1 Å². The number of sulfonamides is 1. The number of phenols is 1. The third kappa shape index (κ3) is 5.12. The van der Waals surface area contributed by atoms with E-state index in [2.05, 4.69) is 10.6 Å². The molecule has 0 aliphatic carbocycles. The topological polar surface area (TPSA) is 116 Å². The number of phenolic OH excluding ortho intramolecular Hbond substituents is 1. The Morgan fingerprint density at radius 2 is 1.81 bits per heavy atom. The van der Waals surface area contributed by atoms with Crippen LogP contribution in [0.2, 0.25) is 10.0 Å². The van der Waals surface area contributed by atoms with Gasteiger partial charge in [0.15, 0.2) is 0 Å². The Balaban J connectivity index is 1.73. The predicted octanol–water partition coefficient (Wildman–Crippen LogP) is 3.24. The lowest BCUT2D eigenvalue weighted by molar-refractivity contribution is -0.117. The zero-order valence-corrected chi connectivity index (χ0v) is 18.9. The fourth-order valence-electron chi connectivity index (χ4n) is 3.11. The molecule has 1 saturated heterocycles. The van der Waals surface area contributed by atoms with Gasteiger partial charge in [0.25, 0.3) is 5.91 Å². The fraction of sp³-hybridized carbons (Fsp3) is 0.300. The molecule has 166 valence electrons. The van der Waals surface area contributed by atoms with Crippen LogP contribution in [0.1, 0.15) is 30.1 Å². The summed E-state index contributed by atoms with van der Waals surface area (Å²) in [4.78, 5) is 24.9. The number of aromatic hydroxyl groups is 1. The van der Waals surface area contributed by atoms with Gasteiger partial charge in [-0.05, 0) is 50.1 Å². The van der Waals surface area contributed by atoms with Crippen molar-refractivity contribution < 1.29 is 23.1 Å². The van der Waals surface area contributed by atoms with Crippen LogP contribution >= 0.6 is 23.2 Å². The van der Waals surface area contributed by atoms with Crippen LogP contribution in [0.3, 0.4) is 0 Å². The highest BCUT2D eigenvalue weighted by molar-refractivity contribution is 7.89. The number of benzene rings is 2. The summed E-state index contributed by atoms with van der Waals surface area (Å²) < 4.78 is 26.8. The van der Waals surface area contributed by atoms with Crippen molar-refractivity contribution >= 4 is 50.7 Å². The number of nitrogens with one attached hydrogen (secondary N) is 2. The van der Waals surface area contributed by atoms with E-state index in [9.17, 15) is 23.1 Å². The highest BCUT2D eigenvalue weighted by atomic mass is 35.5. The average molecular weight is 486 g/mol. The molecule has 2 aromatic carbocycles.